The van der Waals surface area contributed by atoms with Gasteiger partial charge in [0.15, 0.2) is 5.84 Å². The molecule has 0 N–H and O–H groups in total. The highest BCUT2D eigenvalue weighted by molar-refractivity contribution is 6.03. The van der Waals surface area contributed by atoms with Crippen LogP contribution < -0.4 is 0 Å². The zero-order valence-electron chi connectivity index (χ0n) is 19.7. The molecule has 4 aliphatic rings. The molecular weight excluding hydrogens is 443 g/mol. The average molecular weight is 471 g/mol. The Morgan fingerprint density at radius 1 is 1.09 bits per heavy atom. The molecule has 7 rings (SSSR count). The molecule has 4 heterocycles. The summed E-state index contributed by atoms with van der Waals surface area (Å²) in [4.78, 5) is 12.5. The fraction of sp³-hybridized carbons (Fsp3) is 0.357. The van der Waals surface area contributed by atoms with Crippen molar-refractivity contribution in [3.05, 3.63) is 88.3 Å². The van der Waals surface area contributed by atoms with Crippen LogP contribution in [0.4, 0.5) is 4.39 Å². The maximum atomic E-state index is 13.6. The average Bonchev–Trinajstić information content (AvgIpc) is 3.25. The molecule has 2 aromatic carbocycles. The van der Waals surface area contributed by atoms with Crippen LogP contribution in [0.15, 0.2) is 59.7 Å². The van der Waals surface area contributed by atoms with Gasteiger partial charge in [0.25, 0.3) is 0 Å². The molecule has 1 unspecified atom stereocenters. The zero-order chi connectivity index (χ0) is 23.6. The van der Waals surface area contributed by atoms with E-state index < -0.39 is 0 Å². The topological polar surface area (TPSA) is 51.9 Å². The Hall–Kier alpha value is -3.45. The SMILES string of the molecule is Cc1cn(-c2ccc(/C=C3\CC4(COC4)CN4C3=NOCC4c3ccc(F)cc3)c3c2CC3)cn1. The summed E-state index contributed by atoms with van der Waals surface area (Å²) in [6.45, 7) is 4.84. The first-order chi connectivity index (χ1) is 17.1. The van der Waals surface area contributed by atoms with Crippen molar-refractivity contribution in [1.29, 1.82) is 0 Å². The molecule has 35 heavy (non-hydrogen) atoms. The van der Waals surface area contributed by atoms with Crippen LogP contribution in [0.3, 0.4) is 0 Å². The second-order valence-electron chi connectivity index (χ2n) is 10.3. The summed E-state index contributed by atoms with van der Waals surface area (Å²) in [5.41, 5.74) is 8.62. The van der Waals surface area contributed by atoms with Crippen molar-refractivity contribution in [2.45, 2.75) is 32.2 Å². The fourth-order valence-corrected chi connectivity index (χ4v) is 5.91. The molecule has 2 fully saturated rings. The van der Waals surface area contributed by atoms with E-state index in [-0.39, 0.29) is 17.3 Å². The lowest BCUT2D eigenvalue weighted by molar-refractivity contribution is -0.131. The van der Waals surface area contributed by atoms with Gasteiger partial charge in [-0.3, -0.25) is 0 Å². The first-order valence-electron chi connectivity index (χ1n) is 12.3. The van der Waals surface area contributed by atoms with E-state index in [0.717, 1.165) is 56.1 Å². The van der Waals surface area contributed by atoms with Gasteiger partial charge in [0.05, 0.1) is 31.3 Å². The summed E-state index contributed by atoms with van der Waals surface area (Å²) in [6.07, 6.45) is 9.36. The van der Waals surface area contributed by atoms with E-state index in [2.05, 4.69) is 44.0 Å². The van der Waals surface area contributed by atoms with E-state index in [1.165, 1.54) is 40.1 Å². The van der Waals surface area contributed by atoms with Gasteiger partial charge in [-0.25, -0.2) is 9.37 Å². The Balaban J connectivity index is 1.27. The molecule has 1 atom stereocenters. The Kier molecular flexibility index (Phi) is 4.64. The summed E-state index contributed by atoms with van der Waals surface area (Å²) < 4.78 is 21.4. The predicted molar refractivity (Wildman–Crippen MR) is 131 cm³/mol. The number of ether oxygens (including phenoxy) is 1. The van der Waals surface area contributed by atoms with Crippen LogP contribution in [-0.4, -0.2) is 46.7 Å². The summed E-state index contributed by atoms with van der Waals surface area (Å²) in [5, 5.41) is 4.53. The molecule has 0 amide bonds. The van der Waals surface area contributed by atoms with Crippen LogP contribution in [0.1, 0.15) is 40.4 Å². The van der Waals surface area contributed by atoms with Crippen molar-refractivity contribution in [3.63, 3.8) is 0 Å². The Morgan fingerprint density at radius 2 is 1.91 bits per heavy atom. The van der Waals surface area contributed by atoms with Crippen molar-refractivity contribution >= 4 is 11.9 Å². The Labute approximate surface area is 203 Å². The monoisotopic (exact) mass is 470 g/mol. The summed E-state index contributed by atoms with van der Waals surface area (Å²) in [5.74, 6) is 0.667. The van der Waals surface area contributed by atoms with Crippen LogP contribution in [-0.2, 0) is 22.4 Å². The molecule has 3 aliphatic heterocycles. The predicted octanol–water partition coefficient (Wildman–Crippen LogP) is 4.61. The molecule has 0 saturated carbocycles. The third-order valence-corrected chi connectivity index (χ3v) is 7.85. The first-order valence-corrected chi connectivity index (χ1v) is 12.3. The van der Waals surface area contributed by atoms with Crippen LogP contribution in [0.5, 0.6) is 0 Å². The second-order valence-corrected chi connectivity index (χ2v) is 10.3. The number of amidine groups is 1. The number of imidazole rings is 1. The van der Waals surface area contributed by atoms with Gasteiger partial charge in [-0.05, 0) is 78.3 Å². The summed E-state index contributed by atoms with van der Waals surface area (Å²) >= 11 is 0. The van der Waals surface area contributed by atoms with Crippen LogP contribution in [0, 0.1) is 18.2 Å². The minimum absolute atomic E-state index is 0.000862. The smallest absolute Gasteiger partial charge is 0.172 e. The molecule has 3 aromatic rings. The highest BCUT2D eigenvalue weighted by Crippen LogP contribution is 2.45. The number of oxime groups is 1. The van der Waals surface area contributed by atoms with Crippen molar-refractivity contribution in [2.24, 2.45) is 10.6 Å². The number of hydrogen-bond acceptors (Lipinski definition) is 5. The van der Waals surface area contributed by atoms with Gasteiger partial charge in [-0.2, -0.15) is 0 Å². The molecule has 0 bridgehead atoms. The summed E-state index contributed by atoms with van der Waals surface area (Å²) in [6, 6.07) is 11.2. The quantitative estimate of drug-likeness (QED) is 0.561. The third kappa shape index (κ3) is 3.40. The Bertz CT molecular complexity index is 1370. The molecule has 7 heteroatoms. The molecule has 0 radical (unpaired) electrons. The standard InChI is InChI=1S/C28H27FN4O2/c1-18-12-32(17-30-18)25-9-4-20(23-7-8-24(23)25)10-21-11-28(15-34-16-28)14-33-26(13-35-31-27(21)33)19-2-5-22(29)6-3-19/h2-6,9-10,12,17,26H,7-8,11,13-16H2,1H3/b21-10+. The minimum atomic E-state index is -0.227. The number of benzene rings is 2. The van der Waals surface area contributed by atoms with Gasteiger partial charge in [0, 0.05) is 23.8 Å². The Morgan fingerprint density at radius 3 is 2.60 bits per heavy atom. The van der Waals surface area contributed by atoms with Crippen molar-refractivity contribution in [3.8, 4) is 5.69 Å². The number of hydrogen-bond donors (Lipinski definition) is 0. The minimum Gasteiger partial charge on any atom is -0.392 e. The number of aryl methyl sites for hydroxylation is 1. The molecular formula is C28H27FN4O2. The van der Waals surface area contributed by atoms with E-state index in [1.807, 2.05) is 25.4 Å². The van der Waals surface area contributed by atoms with E-state index in [9.17, 15) is 4.39 Å². The number of piperidine rings is 1. The van der Waals surface area contributed by atoms with Gasteiger partial charge in [0.2, 0.25) is 0 Å². The van der Waals surface area contributed by atoms with E-state index >= 15 is 0 Å². The molecule has 6 nitrogen and oxygen atoms in total. The van der Waals surface area contributed by atoms with Gasteiger partial charge in [-0.1, -0.05) is 23.4 Å². The third-order valence-electron chi connectivity index (χ3n) is 7.85. The lowest BCUT2D eigenvalue weighted by Crippen LogP contribution is -2.58. The van der Waals surface area contributed by atoms with E-state index in [1.54, 1.807) is 0 Å². The van der Waals surface area contributed by atoms with Crippen LogP contribution in [0.25, 0.3) is 11.8 Å². The number of nitrogens with zero attached hydrogens (tertiary/aromatic N) is 4. The van der Waals surface area contributed by atoms with Crippen molar-refractivity contribution in [1.82, 2.24) is 14.5 Å². The van der Waals surface area contributed by atoms with E-state index in [0.29, 0.717) is 6.61 Å². The number of rotatable bonds is 3. The molecule has 2 saturated heterocycles. The molecule has 1 aliphatic carbocycles. The maximum absolute atomic E-state index is 13.6. The summed E-state index contributed by atoms with van der Waals surface area (Å²) in [7, 11) is 0. The number of aromatic nitrogens is 2. The number of fused-ring (bicyclic) bond motifs is 2. The van der Waals surface area contributed by atoms with Gasteiger partial charge < -0.3 is 19.0 Å². The molecule has 178 valence electrons. The van der Waals surface area contributed by atoms with Crippen LogP contribution in [0.2, 0.25) is 0 Å². The first kappa shape index (κ1) is 20.9. The van der Waals surface area contributed by atoms with Gasteiger partial charge in [-0.15, -0.1) is 0 Å². The zero-order valence-corrected chi connectivity index (χ0v) is 19.7. The van der Waals surface area contributed by atoms with Gasteiger partial charge in [0.1, 0.15) is 12.4 Å². The lowest BCUT2D eigenvalue weighted by atomic mass is 9.74. The highest BCUT2D eigenvalue weighted by Gasteiger charge is 2.49. The normalized spacial score (nSPS) is 23.1. The second kappa shape index (κ2) is 7.78. The molecule has 1 spiro atoms. The van der Waals surface area contributed by atoms with Crippen LogP contribution >= 0.6 is 0 Å². The van der Waals surface area contributed by atoms with Gasteiger partial charge >= 0.3 is 0 Å². The largest absolute Gasteiger partial charge is 0.392 e. The fourth-order valence-electron chi connectivity index (χ4n) is 5.91. The maximum Gasteiger partial charge on any atom is 0.172 e. The van der Waals surface area contributed by atoms with Crippen molar-refractivity contribution in [2.75, 3.05) is 26.4 Å². The van der Waals surface area contributed by atoms with Crippen molar-refractivity contribution < 1.29 is 14.0 Å². The number of halogens is 1. The van der Waals surface area contributed by atoms with E-state index in [4.69, 9.17) is 9.57 Å². The highest BCUT2D eigenvalue weighted by atomic mass is 19.1. The lowest BCUT2D eigenvalue weighted by Gasteiger charge is -2.52. The molecule has 1 aromatic heterocycles.